The van der Waals surface area contributed by atoms with Gasteiger partial charge in [-0.1, -0.05) is 0 Å². The lowest BCUT2D eigenvalue weighted by atomic mass is 9.95. The maximum absolute atomic E-state index is 10.8. The molecule has 2 atom stereocenters. The van der Waals surface area contributed by atoms with Gasteiger partial charge in [-0.2, -0.15) is 0 Å². The molecule has 0 bridgehead atoms. The van der Waals surface area contributed by atoms with Crippen molar-refractivity contribution in [1.82, 2.24) is 5.32 Å². The highest BCUT2D eigenvalue weighted by atomic mass is 16.1. The van der Waals surface area contributed by atoms with Gasteiger partial charge in [0.15, 0.2) is 0 Å². The lowest BCUT2D eigenvalue weighted by Gasteiger charge is -2.31. The molecule has 0 fully saturated rings. The van der Waals surface area contributed by atoms with Gasteiger partial charge >= 0.3 is 0 Å². The quantitative estimate of drug-likeness (QED) is 0.489. The second kappa shape index (κ2) is 2.94. The van der Waals surface area contributed by atoms with Crippen molar-refractivity contribution < 1.29 is 4.79 Å². The van der Waals surface area contributed by atoms with Gasteiger partial charge < -0.3 is 16.8 Å². The van der Waals surface area contributed by atoms with Crippen molar-refractivity contribution in [2.24, 2.45) is 22.4 Å². The lowest BCUT2D eigenvalue weighted by molar-refractivity contribution is -0.122. The highest BCUT2D eigenvalue weighted by Gasteiger charge is 2.33. The van der Waals surface area contributed by atoms with Gasteiger partial charge in [-0.3, -0.25) is 9.79 Å². The maximum Gasteiger partial charge on any atom is 0.224 e. The molecule has 1 aliphatic heterocycles. The summed E-state index contributed by atoms with van der Waals surface area (Å²) < 4.78 is 0. The van der Waals surface area contributed by atoms with E-state index in [2.05, 4.69) is 10.3 Å². The number of hydrogen-bond acceptors (Lipinski definition) is 4. The van der Waals surface area contributed by atoms with E-state index in [0.717, 1.165) is 0 Å². The zero-order chi connectivity index (χ0) is 9.19. The van der Waals surface area contributed by atoms with Crippen LogP contribution in [0.5, 0.6) is 0 Å². The number of carbonyl (C=O) groups is 1. The van der Waals surface area contributed by atoms with Crippen LogP contribution in [0.4, 0.5) is 0 Å². The second-order valence-corrected chi connectivity index (χ2v) is 2.80. The monoisotopic (exact) mass is 168 g/mol. The first-order chi connectivity index (χ1) is 5.56. The van der Waals surface area contributed by atoms with E-state index in [0.29, 0.717) is 0 Å². The molecular formula is C7H12N4O. The summed E-state index contributed by atoms with van der Waals surface area (Å²) in [7, 11) is 0. The number of nitrogens with one attached hydrogen (secondary N) is 1. The van der Waals surface area contributed by atoms with Gasteiger partial charge in [0.25, 0.3) is 0 Å². The lowest BCUT2D eigenvalue weighted by Crippen LogP contribution is -2.61. The Morgan fingerprint density at radius 3 is 2.83 bits per heavy atom. The van der Waals surface area contributed by atoms with E-state index < -0.39 is 17.5 Å². The van der Waals surface area contributed by atoms with Gasteiger partial charge in [0.1, 0.15) is 5.66 Å². The number of nitrogens with two attached hydrogens (primary N) is 2. The highest BCUT2D eigenvalue weighted by molar-refractivity contribution is 5.85. The van der Waals surface area contributed by atoms with Crippen molar-refractivity contribution in [3.8, 4) is 0 Å². The number of rotatable bonds is 2. The van der Waals surface area contributed by atoms with Crippen molar-refractivity contribution in [1.29, 1.82) is 0 Å². The van der Waals surface area contributed by atoms with Crippen LogP contribution in [0.15, 0.2) is 17.4 Å². The Morgan fingerprint density at radius 1 is 1.75 bits per heavy atom. The standard InChI is InChI=1S/C7H12N4O/c1-5(6(8)12)7(9)4-10-2-3-11-7/h2-5,11H,9H2,1H3,(H2,8,12). The molecule has 0 spiro atoms. The van der Waals surface area contributed by atoms with Gasteiger partial charge in [-0.05, 0) is 6.92 Å². The third kappa shape index (κ3) is 1.45. The van der Waals surface area contributed by atoms with E-state index in [1.54, 1.807) is 19.3 Å². The maximum atomic E-state index is 10.8. The van der Waals surface area contributed by atoms with Gasteiger partial charge in [0.2, 0.25) is 5.91 Å². The molecule has 5 heteroatoms. The van der Waals surface area contributed by atoms with E-state index in [9.17, 15) is 4.79 Å². The van der Waals surface area contributed by atoms with Crippen LogP contribution in [-0.4, -0.2) is 17.8 Å². The SMILES string of the molecule is CC(C(N)=O)C1(N)C=NC=CN1. The molecule has 0 saturated carbocycles. The van der Waals surface area contributed by atoms with E-state index in [4.69, 9.17) is 11.5 Å². The molecule has 0 aromatic rings. The molecule has 1 rings (SSSR count). The third-order valence-corrected chi connectivity index (χ3v) is 1.93. The molecular weight excluding hydrogens is 156 g/mol. The van der Waals surface area contributed by atoms with Gasteiger partial charge in [0.05, 0.1) is 5.92 Å². The fourth-order valence-electron chi connectivity index (χ4n) is 0.900. The smallest absolute Gasteiger partial charge is 0.224 e. The Bertz CT molecular complexity index is 248. The Labute approximate surface area is 70.5 Å². The van der Waals surface area contributed by atoms with Crippen LogP contribution in [0.1, 0.15) is 6.92 Å². The number of primary amides is 1. The molecule has 0 aromatic carbocycles. The van der Waals surface area contributed by atoms with Crippen molar-refractivity contribution in [2.45, 2.75) is 12.6 Å². The summed E-state index contributed by atoms with van der Waals surface area (Å²) >= 11 is 0. The topological polar surface area (TPSA) is 93.5 Å². The summed E-state index contributed by atoms with van der Waals surface area (Å²) in [6.45, 7) is 1.65. The van der Waals surface area contributed by atoms with Crippen molar-refractivity contribution in [3.63, 3.8) is 0 Å². The molecule has 1 heterocycles. The van der Waals surface area contributed by atoms with Crippen LogP contribution < -0.4 is 16.8 Å². The molecule has 0 aromatic heterocycles. The van der Waals surface area contributed by atoms with Gasteiger partial charge in [-0.25, -0.2) is 0 Å². The minimum Gasteiger partial charge on any atom is -0.369 e. The molecule has 0 aliphatic carbocycles. The van der Waals surface area contributed by atoms with Crippen molar-refractivity contribution in [3.05, 3.63) is 12.4 Å². The zero-order valence-electron chi connectivity index (χ0n) is 6.82. The Morgan fingerprint density at radius 2 is 2.42 bits per heavy atom. The normalized spacial score (nSPS) is 29.5. The Kier molecular flexibility index (Phi) is 2.14. The summed E-state index contributed by atoms with van der Waals surface area (Å²) in [5.74, 6) is -0.946. The van der Waals surface area contributed by atoms with Crippen LogP contribution in [0.25, 0.3) is 0 Å². The minimum atomic E-state index is -0.944. The van der Waals surface area contributed by atoms with E-state index in [1.165, 1.54) is 6.21 Å². The second-order valence-electron chi connectivity index (χ2n) is 2.80. The average Bonchev–Trinajstić information content (AvgIpc) is 2.04. The van der Waals surface area contributed by atoms with Crippen LogP contribution in [0, 0.1) is 5.92 Å². The molecule has 2 unspecified atom stereocenters. The average molecular weight is 168 g/mol. The Hall–Kier alpha value is -1.36. The minimum absolute atomic E-state index is 0.452. The van der Waals surface area contributed by atoms with Gasteiger partial charge in [-0.15, -0.1) is 0 Å². The first kappa shape index (κ1) is 8.73. The first-order valence-electron chi connectivity index (χ1n) is 3.61. The first-order valence-corrected chi connectivity index (χ1v) is 3.61. The molecule has 0 saturated heterocycles. The fourth-order valence-corrected chi connectivity index (χ4v) is 0.900. The zero-order valence-corrected chi connectivity index (χ0v) is 6.82. The number of nitrogens with zero attached hydrogens (tertiary/aromatic N) is 1. The molecule has 1 amide bonds. The summed E-state index contributed by atoms with van der Waals surface area (Å²) in [4.78, 5) is 14.7. The van der Waals surface area contributed by atoms with Crippen molar-refractivity contribution in [2.75, 3.05) is 0 Å². The Balaban J connectivity index is 2.78. The van der Waals surface area contributed by atoms with Crippen LogP contribution >= 0.6 is 0 Å². The van der Waals surface area contributed by atoms with Crippen LogP contribution in [0.2, 0.25) is 0 Å². The summed E-state index contributed by atoms with van der Waals surface area (Å²) in [6.07, 6.45) is 4.61. The summed E-state index contributed by atoms with van der Waals surface area (Å²) in [5.41, 5.74) is 9.95. The largest absolute Gasteiger partial charge is 0.369 e. The molecule has 5 nitrogen and oxygen atoms in total. The molecule has 0 radical (unpaired) electrons. The van der Waals surface area contributed by atoms with E-state index in [1.807, 2.05) is 0 Å². The summed E-state index contributed by atoms with van der Waals surface area (Å²) in [6, 6.07) is 0. The fraction of sp³-hybridized carbons (Fsp3) is 0.429. The number of carbonyl (C=O) groups excluding carboxylic acids is 1. The van der Waals surface area contributed by atoms with Gasteiger partial charge in [0, 0.05) is 18.6 Å². The van der Waals surface area contributed by atoms with E-state index >= 15 is 0 Å². The highest BCUT2D eigenvalue weighted by Crippen LogP contribution is 2.10. The van der Waals surface area contributed by atoms with E-state index in [-0.39, 0.29) is 0 Å². The van der Waals surface area contributed by atoms with Crippen LogP contribution in [0.3, 0.4) is 0 Å². The molecule has 66 valence electrons. The van der Waals surface area contributed by atoms with Crippen molar-refractivity contribution >= 4 is 12.1 Å². The third-order valence-electron chi connectivity index (χ3n) is 1.93. The molecule has 5 N–H and O–H groups in total. The number of amides is 1. The summed E-state index contributed by atoms with van der Waals surface area (Å²) in [5, 5.41) is 2.82. The predicted octanol–water partition coefficient (Wildman–Crippen LogP) is -1.09. The number of aliphatic imine (C=N–C) groups is 1. The molecule has 12 heavy (non-hydrogen) atoms. The predicted molar refractivity (Wildman–Crippen MR) is 46.0 cm³/mol. The van der Waals surface area contributed by atoms with Crippen LogP contribution in [-0.2, 0) is 4.79 Å². The number of hydrogen-bond donors (Lipinski definition) is 3. The molecule has 1 aliphatic rings.